The van der Waals surface area contributed by atoms with Crippen LogP contribution in [0.25, 0.3) is 0 Å². The van der Waals surface area contributed by atoms with Gasteiger partial charge in [0.15, 0.2) is 0 Å². The molecule has 0 aliphatic rings. The van der Waals surface area contributed by atoms with Gasteiger partial charge in [-0.3, -0.25) is 4.98 Å². The summed E-state index contributed by atoms with van der Waals surface area (Å²) in [6.07, 6.45) is 2.82. The summed E-state index contributed by atoms with van der Waals surface area (Å²) in [7, 11) is 1.24. The quantitative estimate of drug-likeness (QED) is 0.558. The molecule has 1 aromatic rings. The van der Waals surface area contributed by atoms with E-state index in [4.69, 9.17) is 4.74 Å². The van der Waals surface area contributed by atoms with Crippen LogP contribution in [-0.4, -0.2) is 30.6 Å². The summed E-state index contributed by atoms with van der Waals surface area (Å²) in [5.74, 6) is 3.66. The molecule has 0 N–H and O–H groups in total. The molecule has 1 rings (SSSR count). The third-order valence-corrected chi connectivity index (χ3v) is 1.74. The number of carbonyl (C=O) groups is 2. The van der Waals surface area contributed by atoms with Gasteiger partial charge in [-0.1, -0.05) is 5.92 Å². The van der Waals surface area contributed by atoms with Crippen molar-refractivity contribution in [1.29, 1.82) is 0 Å². The van der Waals surface area contributed by atoms with Gasteiger partial charge < -0.3 is 9.47 Å². The fraction of sp³-hybridized carbons (Fsp3) is 0.250. The highest BCUT2D eigenvalue weighted by Gasteiger charge is 2.06. The number of carbonyl (C=O) groups excluding carboxylic acids is 2. The number of rotatable bonds is 2. The molecule has 0 saturated heterocycles. The maximum absolute atomic E-state index is 11.4. The molecule has 17 heavy (non-hydrogen) atoms. The minimum absolute atomic E-state index is 0.289. The zero-order chi connectivity index (χ0) is 12.7. The summed E-state index contributed by atoms with van der Waals surface area (Å²) in [6.45, 7) is 2.00. The SMILES string of the molecule is CCOC(=O)c1cncc(C#CC(=O)OC)c1. The Labute approximate surface area is 98.8 Å². The van der Waals surface area contributed by atoms with Gasteiger partial charge in [0.1, 0.15) is 0 Å². The Balaban J connectivity index is 2.88. The second-order valence-electron chi connectivity index (χ2n) is 2.92. The molecule has 0 atom stereocenters. The number of esters is 2. The largest absolute Gasteiger partial charge is 0.462 e. The van der Waals surface area contributed by atoms with Crippen LogP contribution in [0.2, 0.25) is 0 Å². The predicted octanol–water partition coefficient (Wildman–Crippen LogP) is 0.783. The van der Waals surface area contributed by atoms with Gasteiger partial charge in [-0.15, -0.1) is 0 Å². The van der Waals surface area contributed by atoms with Crippen LogP contribution in [0.1, 0.15) is 22.8 Å². The predicted molar refractivity (Wildman–Crippen MR) is 59.1 cm³/mol. The average molecular weight is 233 g/mol. The third kappa shape index (κ3) is 3.95. The van der Waals surface area contributed by atoms with Crippen molar-refractivity contribution >= 4 is 11.9 Å². The molecular formula is C12H11NO4. The molecule has 0 unspecified atom stereocenters. The normalized spacial score (nSPS) is 8.82. The number of ether oxygens (including phenoxy) is 2. The van der Waals surface area contributed by atoms with Crippen LogP contribution >= 0.6 is 0 Å². The third-order valence-electron chi connectivity index (χ3n) is 1.74. The van der Waals surface area contributed by atoms with E-state index in [1.165, 1.54) is 25.6 Å². The first-order chi connectivity index (χ1) is 8.17. The number of hydrogen-bond donors (Lipinski definition) is 0. The molecule has 0 spiro atoms. The lowest BCUT2D eigenvalue weighted by Crippen LogP contribution is -2.05. The Morgan fingerprint density at radius 2 is 2.18 bits per heavy atom. The van der Waals surface area contributed by atoms with Crippen molar-refractivity contribution in [3.63, 3.8) is 0 Å². The molecular weight excluding hydrogens is 222 g/mol. The van der Waals surface area contributed by atoms with Gasteiger partial charge in [-0.2, -0.15) is 0 Å². The van der Waals surface area contributed by atoms with E-state index < -0.39 is 11.9 Å². The van der Waals surface area contributed by atoms with Crippen molar-refractivity contribution in [3.8, 4) is 11.8 Å². The molecule has 5 heteroatoms. The Kier molecular flexibility index (Phi) is 4.70. The minimum atomic E-state index is -0.647. The molecule has 0 aliphatic carbocycles. The van der Waals surface area contributed by atoms with Gasteiger partial charge in [-0.05, 0) is 13.0 Å². The summed E-state index contributed by atoms with van der Waals surface area (Å²) < 4.78 is 9.17. The van der Waals surface area contributed by atoms with Crippen LogP contribution in [0, 0.1) is 11.8 Å². The molecule has 1 aromatic heterocycles. The van der Waals surface area contributed by atoms with E-state index in [1.807, 2.05) is 0 Å². The van der Waals surface area contributed by atoms with Gasteiger partial charge >= 0.3 is 11.9 Å². The van der Waals surface area contributed by atoms with E-state index in [9.17, 15) is 9.59 Å². The smallest absolute Gasteiger partial charge is 0.384 e. The molecule has 0 saturated carbocycles. The van der Waals surface area contributed by atoms with Crippen LogP contribution in [0.5, 0.6) is 0 Å². The minimum Gasteiger partial charge on any atom is -0.462 e. The second-order valence-corrected chi connectivity index (χ2v) is 2.92. The van der Waals surface area contributed by atoms with E-state index in [0.29, 0.717) is 11.1 Å². The number of aromatic nitrogens is 1. The van der Waals surface area contributed by atoms with Crippen LogP contribution in [-0.2, 0) is 14.3 Å². The maximum Gasteiger partial charge on any atom is 0.384 e. The van der Waals surface area contributed by atoms with E-state index in [0.717, 1.165) is 0 Å². The van der Waals surface area contributed by atoms with Crippen molar-refractivity contribution in [1.82, 2.24) is 4.98 Å². The van der Waals surface area contributed by atoms with Crippen molar-refractivity contribution in [3.05, 3.63) is 29.6 Å². The molecule has 0 aliphatic heterocycles. The van der Waals surface area contributed by atoms with Crippen molar-refractivity contribution in [2.45, 2.75) is 6.92 Å². The molecule has 1 heterocycles. The van der Waals surface area contributed by atoms with Crippen LogP contribution in [0.4, 0.5) is 0 Å². The van der Waals surface area contributed by atoms with Crippen LogP contribution in [0.3, 0.4) is 0 Å². The van der Waals surface area contributed by atoms with Crippen molar-refractivity contribution in [2.75, 3.05) is 13.7 Å². The highest BCUT2D eigenvalue weighted by molar-refractivity contribution is 5.90. The standard InChI is InChI=1S/C12H11NO4/c1-3-17-12(15)10-6-9(7-13-8-10)4-5-11(14)16-2/h6-8H,3H2,1-2H3. The first-order valence-electron chi connectivity index (χ1n) is 4.89. The number of methoxy groups -OCH3 is 1. The first-order valence-corrected chi connectivity index (χ1v) is 4.89. The van der Waals surface area contributed by atoms with Gasteiger partial charge in [0.05, 0.1) is 19.3 Å². The zero-order valence-corrected chi connectivity index (χ0v) is 9.52. The summed E-state index contributed by atoms with van der Waals surface area (Å²) in [4.78, 5) is 26.0. The van der Waals surface area contributed by atoms with E-state index >= 15 is 0 Å². The maximum atomic E-state index is 11.4. The Morgan fingerprint density at radius 3 is 2.82 bits per heavy atom. The Bertz CT molecular complexity index is 485. The van der Waals surface area contributed by atoms with Gasteiger partial charge in [0.2, 0.25) is 0 Å². The summed E-state index contributed by atoms with van der Waals surface area (Å²) >= 11 is 0. The molecule has 0 radical (unpaired) electrons. The highest BCUT2D eigenvalue weighted by atomic mass is 16.5. The number of nitrogens with zero attached hydrogens (tertiary/aromatic N) is 1. The zero-order valence-electron chi connectivity index (χ0n) is 9.52. The lowest BCUT2D eigenvalue weighted by atomic mass is 10.2. The van der Waals surface area contributed by atoms with Crippen LogP contribution in [0.15, 0.2) is 18.5 Å². The van der Waals surface area contributed by atoms with E-state index in [-0.39, 0.29) is 6.61 Å². The van der Waals surface area contributed by atoms with Crippen molar-refractivity contribution < 1.29 is 19.1 Å². The lowest BCUT2D eigenvalue weighted by molar-refractivity contribution is -0.133. The molecule has 5 nitrogen and oxygen atoms in total. The second kappa shape index (κ2) is 6.28. The average Bonchev–Trinajstić information content (AvgIpc) is 2.36. The number of hydrogen-bond acceptors (Lipinski definition) is 5. The van der Waals surface area contributed by atoms with Gasteiger partial charge in [-0.25, -0.2) is 9.59 Å². The van der Waals surface area contributed by atoms with E-state index in [1.54, 1.807) is 6.92 Å². The molecule has 0 amide bonds. The lowest BCUT2D eigenvalue weighted by Gasteiger charge is -2.00. The van der Waals surface area contributed by atoms with Crippen LogP contribution < -0.4 is 0 Å². The topological polar surface area (TPSA) is 65.5 Å². The monoisotopic (exact) mass is 233 g/mol. The summed E-state index contributed by atoms with van der Waals surface area (Å²) in [5.41, 5.74) is 0.740. The molecule has 88 valence electrons. The van der Waals surface area contributed by atoms with Gasteiger partial charge in [0.25, 0.3) is 0 Å². The Morgan fingerprint density at radius 1 is 1.41 bits per heavy atom. The first kappa shape index (κ1) is 12.7. The van der Waals surface area contributed by atoms with Gasteiger partial charge in [0, 0.05) is 23.9 Å². The summed E-state index contributed by atoms with van der Waals surface area (Å²) in [6, 6.07) is 1.50. The molecule has 0 fully saturated rings. The molecule has 0 aromatic carbocycles. The fourth-order valence-corrected chi connectivity index (χ4v) is 1.01. The van der Waals surface area contributed by atoms with Crippen molar-refractivity contribution in [2.24, 2.45) is 0 Å². The fourth-order valence-electron chi connectivity index (χ4n) is 1.01. The highest BCUT2D eigenvalue weighted by Crippen LogP contribution is 2.03. The van der Waals surface area contributed by atoms with E-state index in [2.05, 4.69) is 21.6 Å². The Hall–Kier alpha value is -2.35. The summed E-state index contributed by atoms with van der Waals surface area (Å²) in [5, 5.41) is 0. The number of pyridine rings is 1. The molecule has 0 bridgehead atoms.